The van der Waals surface area contributed by atoms with Gasteiger partial charge in [0.1, 0.15) is 104 Å². The minimum absolute atomic E-state index is 0.00591. The van der Waals surface area contributed by atoms with Crippen molar-refractivity contribution in [2.75, 3.05) is 54.8 Å². The van der Waals surface area contributed by atoms with Crippen LogP contribution in [0.1, 0.15) is 69.2 Å². The number of nitriles is 5. The quantitative estimate of drug-likeness (QED) is 0.0764. The molecule has 16 N–H and O–H groups in total. The summed E-state index contributed by atoms with van der Waals surface area (Å²) in [5.41, 5.74) is 29.5. The summed E-state index contributed by atoms with van der Waals surface area (Å²) in [5, 5.41) is 99.4. The predicted octanol–water partition coefficient (Wildman–Crippen LogP) is 4.18. The maximum Gasteiger partial charge on any atom is 0.351 e. The Balaban J connectivity index is 0.000000188. The number of aromatic amines is 1. The Bertz CT molecular complexity index is 5040. The second-order valence-corrected chi connectivity index (χ2v) is 20.9. The molecule has 0 unspecified atom stereocenters. The maximum absolute atomic E-state index is 11.4. The molecule has 0 fully saturated rings. The van der Waals surface area contributed by atoms with Gasteiger partial charge in [-0.3, -0.25) is 9.54 Å². The molecule has 37 nitrogen and oxygen atoms in total. The van der Waals surface area contributed by atoms with E-state index in [2.05, 4.69) is 40.4 Å². The fraction of sp³-hybridized carbons (Fsp3) is 0.0556. The lowest BCUT2D eigenvalue weighted by Crippen LogP contribution is -2.23. The molecule has 482 valence electrons. The standard InChI is InChI=1S/C12H8N4O4.C12H10N4O3.C11H7ClN4O2.C10H6Cl2N4O3S.C9H10N8O/c13-4-8-5-15-16(10(8)14)9-2-6(11(17)18)1-7(3-9)12(19)20;1-19-10-3-2-7(12(17)18)4-9(10)16-11(14)8(5-13)6-15-16;12-8-2-1-6(11(17)18)3-9(8)16-10(14)7(4-13)5-15-16;11-7-1-6(20(17,18)19)2-8(12)9(7)16-10(14)5(3-13)4-15-16;1-16(2)7-13-8(15-9(18)14-7)17-6(11)5(3-10)4-12-17/h1-3,5H,14H2,(H,17,18)(H,19,20);2-4,6H,14H2,1H3,(H,17,18);1-3,5H,14H2,(H,17,18);1-2,4H,14H2,(H,17,18,19);4H,11H2,1-2H3,(H,13,14,15,18). The molecule has 0 amide bonds. The smallest absolute Gasteiger partial charge is 0.351 e. The molecule has 10 rings (SSSR count). The fourth-order valence-corrected chi connectivity index (χ4v) is 9.00. The van der Waals surface area contributed by atoms with Crippen LogP contribution in [0, 0.1) is 56.7 Å². The number of aromatic carboxylic acids is 4. The molecule has 6 heterocycles. The molecule has 0 aliphatic rings. The van der Waals surface area contributed by atoms with Gasteiger partial charge in [0.2, 0.25) is 11.9 Å². The normalized spacial score (nSPS) is 10.3. The van der Waals surface area contributed by atoms with E-state index >= 15 is 0 Å². The van der Waals surface area contributed by atoms with Crippen molar-refractivity contribution in [2.24, 2.45) is 0 Å². The van der Waals surface area contributed by atoms with Crippen molar-refractivity contribution in [3.05, 3.63) is 173 Å². The first-order valence-electron chi connectivity index (χ1n) is 25.2. The summed E-state index contributed by atoms with van der Waals surface area (Å²) in [6.45, 7) is 0. The van der Waals surface area contributed by atoms with Gasteiger partial charge in [0.15, 0.2) is 0 Å². The number of H-pyrrole nitrogens is 1. The first-order valence-corrected chi connectivity index (χ1v) is 27.8. The molecule has 0 bridgehead atoms. The molecule has 41 heteroatoms. The van der Waals surface area contributed by atoms with Crippen LogP contribution in [0.3, 0.4) is 0 Å². The number of nitrogens with two attached hydrogens (primary N) is 5. The van der Waals surface area contributed by atoms with Crippen molar-refractivity contribution in [1.29, 1.82) is 26.3 Å². The molecule has 0 aliphatic heterocycles. The summed E-state index contributed by atoms with van der Waals surface area (Å²) in [4.78, 5) is 66.5. The van der Waals surface area contributed by atoms with E-state index in [-0.39, 0.29) is 112 Å². The number of benzene rings is 4. The van der Waals surface area contributed by atoms with Crippen LogP contribution in [0.2, 0.25) is 15.1 Å². The monoisotopic (exact) mass is 1370 g/mol. The molecule has 0 saturated heterocycles. The number of methoxy groups -OCH3 is 1. The van der Waals surface area contributed by atoms with Crippen LogP contribution < -0.4 is 44.0 Å². The number of anilines is 6. The third kappa shape index (κ3) is 16.1. The Hall–Kier alpha value is -13.6. The molecular formula is C54H41Cl3N24O13S. The van der Waals surface area contributed by atoms with Gasteiger partial charge in [0.05, 0.1) is 91.7 Å². The van der Waals surface area contributed by atoms with Gasteiger partial charge in [-0.2, -0.15) is 74.9 Å². The Morgan fingerprint density at radius 3 is 1.32 bits per heavy atom. The van der Waals surface area contributed by atoms with E-state index in [1.54, 1.807) is 19.0 Å². The number of nitrogen functional groups attached to an aromatic ring is 5. The van der Waals surface area contributed by atoms with Gasteiger partial charge in [-0.05, 0) is 66.7 Å². The molecular weight excluding hydrogens is 1330 g/mol. The van der Waals surface area contributed by atoms with E-state index in [0.29, 0.717) is 22.1 Å². The lowest BCUT2D eigenvalue weighted by Gasteiger charge is -2.10. The average Bonchev–Trinajstić information content (AvgIpc) is 1.79. The Morgan fingerprint density at radius 2 is 0.905 bits per heavy atom. The molecule has 95 heavy (non-hydrogen) atoms. The van der Waals surface area contributed by atoms with Crippen molar-refractivity contribution in [2.45, 2.75) is 4.90 Å². The van der Waals surface area contributed by atoms with Crippen LogP contribution >= 0.6 is 34.8 Å². The van der Waals surface area contributed by atoms with Crippen molar-refractivity contribution < 1.29 is 57.3 Å². The van der Waals surface area contributed by atoms with Gasteiger partial charge in [0.25, 0.3) is 10.1 Å². The summed E-state index contributed by atoms with van der Waals surface area (Å²) in [7, 11) is 0.410. The second-order valence-electron chi connectivity index (χ2n) is 18.3. The molecule has 10 aromatic rings. The first-order chi connectivity index (χ1) is 44.8. The van der Waals surface area contributed by atoms with Crippen molar-refractivity contribution >= 4 is 104 Å². The zero-order chi connectivity index (χ0) is 70.5. The number of carboxylic acid groups (broad SMARTS) is 4. The highest BCUT2D eigenvalue weighted by atomic mass is 35.5. The third-order valence-corrected chi connectivity index (χ3v) is 13.8. The largest absolute Gasteiger partial charge is 0.494 e. The highest BCUT2D eigenvalue weighted by molar-refractivity contribution is 7.85. The van der Waals surface area contributed by atoms with Crippen LogP contribution in [-0.4, -0.2) is 142 Å². The summed E-state index contributed by atoms with van der Waals surface area (Å²) in [6, 6.07) is 23.2. The highest BCUT2D eigenvalue weighted by Gasteiger charge is 2.22. The van der Waals surface area contributed by atoms with E-state index in [1.165, 1.54) is 101 Å². The summed E-state index contributed by atoms with van der Waals surface area (Å²) in [5.74, 6) is -3.61. The Labute approximate surface area is 546 Å². The number of carboxylic acids is 4. The van der Waals surface area contributed by atoms with Crippen molar-refractivity contribution in [1.82, 2.24) is 63.9 Å². The predicted molar refractivity (Wildman–Crippen MR) is 333 cm³/mol. The van der Waals surface area contributed by atoms with Crippen LogP contribution in [0.5, 0.6) is 5.75 Å². The molecule has 4 aromatic carbocycles. The number of nitrogens with one attached hydrogen (secondary N) is 1. The van der Waals surface area contributed by atoms with Gasteiger partial charge in [-0.1, -0.05) is 34.8 Å². The lowest BCUT2D eigenvalue weighted by atomic mass is 10.1. The maximum atomic E-state index is 11.4. The number of hydrogen-bond acceptors (Lipinski definition) is 26. The minimum atomic E-state index is -4.44. The number of ether oxygens (including phenoxy) is 1. The van der Waals surface area contributed by atoms with Crippen molar-refractivity contribution in [3.63, 3.8) is 0 Å². The van der Waals surface area contributed by atoms with E-state index in [0.717, 1.165) is 27.6 Å². The number of aromatic nitrogens is 13. The fourth-order valence-electron chi connectivity index (χ4n) is 7.49. The van der Waals surface area contributed by atoms with Crippen LogP contribution in [-0.2, 0) is 10.1 Å². The van der Waals surface area contributed by atoms with Gasteiger partial charge >= 0.3 is 29.6 Å². The van der Waals surface area contributed by atoms with Gasteiger partial charge in [0, 0.05) is 14.1 Å². The first kappa shape index (κ1) is 70.5. The van der Waals surface area contributed by atoms with E-state index in [4.69, 9.17) is 119 Å². The van der Waals surface area contributed by atoms with E-state index in [9.17, 15) is 32.4 Å². The van der Waals surface area contributed by atoms with Gasteiger partial charge < -0.3 is 58.7 Å². The van der Waals surface area contributed by atoms with Crippen molar-refractivity contribution in [3.8, 4) is 64.8 Å². The summed E-state index contributed by atoms with van der Waals surface area (Å²) < 4.78 is 42.1. The third-order valence-electron chi connectivity index (χ3n) is 12.1. The molecule has 6 aromatic heterocycles. The van der Waals surface area contributed by atoms with Crippen LogP contribution in [0.4, 0.5) is 35.0 Å². The number of nitrogens with zero attached hydrogens (tertiary/aromatic N) is 18. The molecule has 0 atom stereocenters. The summed E-state index contributed by atoms with van der Waals surface area (Å²) in [6.07, 6.45) is 6.33. The number of halogens is 3. The molecule has 0 saturated carbocycles. The van der Waals surface area contributed by atoms with E-state index < -0.39 is 44.6 Å². The Morgan fingerprint density at radius 1 is 0.526 bits per heavy atom. The zero-order valence-electron chi connectivity index (χ0n) is 48.2. The number of hydrogen-bond donors (Lipinski definition) is 11. The average molecular weight is 1370 g/mol. The Kier molecular flexibility index (Phi) is 22.2. The molecule has 0 radical (unpaired) electrons. The molecule has 0 spiro atoms. The van der Waals surface area contributed by atoms with Crippen LogP contribution in [0.25, 0.3) is 28.7 Å². The van der Waals surface area contributed by atoms with Gasteiger partial charge in [-0.15, -0.1) is 0 Å². The molecule has 0 aliphatic carbocycles. The van der Waals surface area contributed by atoms with Crippen LogP contribution in [0.15, 0.2) is 107 Å². The number of rotatable bonds is 12. The highest BCUT2D eigenvalue weighted by Crippen LogP contribution is 2.34. The lowest BCUT2D eigenvalue weighted by molar-refractivity contribution is 0.0680. The minimum Gasteiger partial charge on any atom is -0.494 e. The summed E-state index contributed by atoms with van der Waals surface area (Å²) >= 11 is 17.8. The zero-order valence-corrected chi connectivity index (χ0v) is 51.3. The second kappa shape index (κ2) is 29.8. The number of carbonyl (C=O) groups is 4. The SMILES string of the molecule is CN(C)c1nc(-n2ncc(C#N)c2N)[nH]c(=O)n1.COc1ccc(C(=O)O)cc1-n1ncc(C#N)c1N.N#Cc1cnn(-c2c(Cl)cc(S(=O)(=O)O)cc2Cl)c1N.N#Cc1cnn(-c2cc(C(=O)O)cc(C(=O)O)c2)c1N.N#Cc1cnn(-c2cc(C(=O)O)ccc2Cl)c1N. The van der Waals surface area contributed by atoms with E-state index in [1.807, 2.05) is 30.3 Å². The topological polar surface area (TPSA) is 613 Å². The van der Waals surface area contributed by atoms with Gasteiger partial charge in [-0.25, -0.2) is 42.7 Å².